The molecule has 0 saturated carbocycles. The highest BCUT2D eigenvalue weighted by Gasteiger charge is 2.24. The summed E-state index contributed by atoms with van der Waals surface area (Å²) in [6.45, 7) is -0.0260. The lowest BCUT2D eigenvalue weighted by molar-refractivity contribution is -0.135. The summed E-state index contributed by atoms with van der Waals surface area (Å²) in [6.07, 6.45) is 2.51. The molecule has 114 valence electrons. The molecule has 0 aliphatic carbocycles. The minimum absolute atomic E-state index is 0.324. The number of carboxylic acid groups (broad SMARTS) is 1. The van der Waals surface area contributed by atoms with Crippen LogP contribution >= 0.6 is 0 Å². The minimum atomic E-state index is -3.34. The summed E-state index contributed by atoms with van der Waals surface area (Å²) in [4.78, 5) is 22.2. The molecule has 0 atom stereocenters. The van der Waals surface area contributed by atoms with E-state index in [1.165, 1.54) is 10.4 Å². The lowest BCUT2D eigenvalue weighted by atomic mass is 10.0. The molecule has 1 aromatic rings. The van der Waals surface area contributed by atoms with E-state index in [4.69, 9.17) is 5.11 Å². The van der Waals surface area contributed by atoms with Crippen molar-refractivity contribution in [2.75, 3.05) is 23.7 Å². The fraction of sp³-hybridized carbons (Fsp3) is 0.385. The van der Waals surface area contributed by atoms with Gasteiger partial charge in [0.05, 0.1) is 11.9 Å². The van der Waals surface area contributed by atoms with Crippen LogP contribution < -0.4 is 9.62 Å². The number of hydrogen-bond acceptors (Lipinski definition) is 4. The van der Waals surface area contributed by atoms with Crippen LogP contribution in [0.1, 0.15) is 22.3 Å². The van der Waals surface area contributed by atoms with Crippen LogP contribution in [0.25, 0.3) is 0 Å². The number of anilines is 1. The number of rotatable bonds is 4. The van der Waals surface area contributed by atoms with E-state index >= 15 is 0 Å². The SMILES string of the molecule is CS(=O)(=O)N1CCCc2cc(C(=O)NCC(=O)O)ccc21. The Labute approximate surface area is 122 Å². The first kappa shape index (κ1) is 15.3. The highest BCUT2D eigenvalue weighted by Crippen LogP contribution is 2.29. The van der Waals surface area contributed by atoms with Crippen molar-refractivity contribution in [3.05, 3.63) is 29.3 Å². The Bertz CT molecular complexity index is 684. The van der Waals surface area contributed by atoms with E-state index in [9.17, 15) is 18.0 Å². The van der Waals surface area contributed by atoms with Crippen molar-refractivity contribution in [3.8, 4) is 0 Å². The molecule has 2 rings (SSSR count). The molecule has 8 heteroatoms. The second kappa shape index (κ2) is 5.72. The molecule has 21 heavy (non-hydrogen) atoms. The number of aryl methyl sites for hydroxylation is 1. The number of carbonyl (C=O) groups is 2. The highest BCUT2D eigenvalue weighted by molar-refractivity contribution is 7.92. The number of carboxylic acids is 1. The summed E-state index contributed by atoms with van der Waals surface area (Å²) >= 11 is 0. The number of aliphatic carboxylic acids is 1. The molecule has 0 unspecified atom stereocenters. The zero-order chi connectivity index (χ0) is 15.6. The van der Waals surface area contributed by atoms with E-state index in [0.717, 1.165) is 11.8 Å². The topological polar surface area (TPSA) is 104 Å². The van der Waals surface area contributed by atoms with Crippen LogP contribution in [-0.2, 0) is 21.2 Å². The zero-order valence-electron chi connectivity index (χ0n) is 11.5. The Morgan fingerprint density at radius 1 is 1.38 bits per heavy atom. The van der Waals surface area contributed by atoms with Crippen LogP contribution in [0.15, 0.2) is 18.2 Å². The Balaban J connectivity index is 2.27. The predicted octanol–water partition coefficient (Wildman–Crippen LogP) is 0.213. The molecular formula is C13H16N2O5S. The lowest BCUT2D eigenvalue weighted by Gasteiger charge is -2.29. The second-order valence-corrected chi connectivity index (χ2v) is 6.77. The second-order valence-electron chi connectivity index (χ2n) is 4.86. The average molecular weight is 312 g/mol. The molecule has 1 amide bonds. The van der Waals surface area contributed by atoms with E-state index in [1.54, 1.807) is 12.1 Å². The summed E-state index contributed by atoms with van der Waals surface area (Å²) in [7, 11) is -3.34. The molecule has 1 aliphatic rings. The van der Waals surface area contributed by atoms with Gasteiger partial charge >= 0.3 is 5.97 Å². The van der Waals surface area contributed by atoms with Crippen LogP contribution in [0.5, 0.6) is 0 Å². The molecule has 0 bridgehead atoms. The van der Waals surface area contributed by atoms with Crippen LogP contribution in [-0.4, -0.2) is 44.7 Å². The van der Waals surface area contributed by atoms with E-state index < -0.39 is 28.4 Å². The van der Waals surface area contributed by atoms with Crippen molar-refractivity contribution in [2.24, 2.45) is 0 Å². The Morgan fingerprint density at radius 3 is 2.71 bits per heavy atom. The Hall–Kier alpha value is -2.09. The predicted molar refractivity (Wildman–Crippen MR) is 76.9 cm³/mol. The van der Waals surface area contributed by atoms with Crippen molar-refractivity contribution >= 4 is 27.6 Å². The smallest absolute Gasteiger partial charge is 0.322 e. The third-order valence-corrected chi connectivity index (χ3v) is 4.40. The number of carbonyl (C=O) groups excluding carboxylic acids is 1. The fourth-order valence-corrected chi connectivity index (χ4v) is 3.30. The maximum Gasteiger partial charge on any atom is 0.322 e. The normalized spacial score (nSPS) is 14.4. The van der Waals surface area contributed by atoms with Crippen molar-refractivity contribution in [3.63, 3.8) is 0 Å². The zero-order valence-corrected chi connectivity index (χ0v) is 12.3. The molecule has 2 N–H and O–H groups in total. The molecule has 1 aromatic carbocycles. The lowest BCUT2D eigenvalue weighted by Crippen LogP contribution is -2.35. The maximum atomic E-state index is 11.8. The molecule has 7 nitrogen and oxygen atoms in total. The van der Waals surface area contributed by atoms with Crippen molar-refractivity contribution in [1.82, 2.24) is 5.32 Å². The average Bonchev–Trinajstić information content (AvgIpc) is 2.42. The van der Waals surface area contributed by atoms with Crippen molar-refractivity contribution < 1.29 is 23.1 Å². The van der Waals surface area contributed by atoms with Crippen LogP contribution in [0.4, 0.5) is 5.69 Å². The summed E-state index contributed by atoms with van der Waals surface area (Å²) < 4.78 is 24.8. The van der Waals surface area contributed by atoms with E-state index in [0.29, 0.717) is 30.6 Å². The summed E-state index contributed by atoms with van der Waals surface area (Å²) in [5, 5.41) is 10.8. The quantitative estimate of drug-likeness (QED) is 0.827. The van der Waals surface area contributed by atoms with Gasteiger partial charge in [-0.05, 0) is 36.6 Å². The van der Waals surface area contributed by atoms with Gasteiger partial charge in [0.2, 0.25) is 10.0 Å². The molecule has 0 radical (unpaired) electrons. The van der Waals surface area contributed by atoms with Gasteiger partial charge in [-0.25, -0.2) is 8.42 Å². The number of nitrogens with one attached hydrogen (secondary N) is 1. The Kier molecular flexibility index (Phi) is 4.17. The molecule has 0 spiro atoms. The van der Waals surface area contributed by atoms with Gasteiger partial charge < -0.3 is 10.4 Å². The van der Waals surface area contributed by atoms with Gasteiger partial charge in [0.1, 0.15) is 6.54 Å². The molecule has 1 aliphatic heterocycles. The van der Waals surface area contributed by atoms with Crippen molar-refractivity contribution in [2.45, 2.75) is 12.8 Å². The van der Waals surface area contributed by atoms with E-state index in [2.05, 4.69) is 5.32 Å². The maximum absolute atomic E-state index is 11.8. The first-order valence-electron chi connectivity index (χ1n) is 6.39. The molecular weight excluding hydrogens is 296 g/mol. The van der Waals surface area contributed by atoms with Gasteiger partial charge in [-0.2, -0.15) is 0 Å². The number of benzene rings is 1. The number of amides is 1. The number of fused-ring (bicyclic) bond motifs is 1. The van der Waals surface area contributed by atoms with Crippen molar-refractivity contribution in [1.29, 1.82) is 0 Å². The molecule has 1 heterocycles. The largest absolute Gasteiger partial charge is 0.480 e. The summed E-state index contributed by atoms with van der Waals surface area (Å²) in [5.74, 6) is -1.61. The van der Waals surface area contributed by atoms with Crippen LogP contribution in [0.3, 0.4) is 0 Å². The highest BCUT2D eigenvalue weighted by atomic mass is 32.2. The molecule has 0 saturated heterocycles. The third-order valence-electron chi connectivity index (χ3n) is 3.22. The molecule has 0 aromatic heterocycles. The van der Waals surface area contributed by atoms with Crippen LogP contribution in [0.2, 0.25) is 0 Å². The standard InChI is InChI=1S/C13H16N2O5S/c1-21(19,20)15-6-2-3-9-7-10(4-5-11(9)15)13(18)14-8-12(16)17/h4-5,7H,2-3,6,8H2,1H3,(H,14,18)(H,16,17). The minimum Gasteiger partial charge on any atom is -0.480 e. The summed E-state index contributed by atoms with van der Waals surface area (Å²) in [6, 6.07) is 4.70. The van der Waals surface area contributed by atoms with Gasteiger partial charge in [-0.3, -0.25) is 13.9 Å². The third kappa shape index (κ3) is 3.52. The number of nitrogens with zero attached hydrogens (tertiary/aromatic N) is 1. The van der Waals surface area contributed by atoms with E-state index in [-0.39, 0.29) is 0 Å². The number of hydrogen-bond donors (Lipinski definition) is 2. The fourth-order valence-electron chi connectivity index (χ4n) is 2.31. The first-order chi connectivity index (χ1) is 9.79. The summed E-state index contributed by atoms with van der Waals surface area (Å²) in [5.41, 5.74) is 1.68. The number of sulfonamides is 1. The molecule has 0 fully saturated rings. The van der Waals surface area contributed by atoms with Gasteiger partial charge in [0, 0.05) is 12.1 Å². The van der Waals surface area contributed by atoms with Gasteiger partial charge in [-0.15, -0.1) is 0 Å². The van der Waals surface area contributed by atoms with E-state index in [1.807, 2.05) is 0 Å². The Morgan fingerprint density at radius 2 is 2.10 bits per heavy atom. The monoisotopic (exact) mass is 312 g/mol. The van der Waals surface area contributed by atoms with Crippen LogP contribution in [0, 0.1) is 0 Å². The first-order valence-corrected chi connectivity index (χ1v) is 8.24. The van der Waals surface area contributed by atoms with Gasteiger partial charge in [0.15, 0.2) is 0 Å². The van der Waals surface area contributed by atoms with Gasteiger partial charge in [-0.1, -0.05) is 0 Å². The van der Waals surface area contributed by atoms with Gasteiger partial charge in [0.25, 0.3) is 5.91 Å².